The van der Waals surface area contributed by atoms with Crippen LogP contribution in [0.2, 0.25) is 5.02 Å². The number of ether oxygens (including phenoxy) is 1. The lowest BCUT2D eigenvalue weighted by Crippen LogP contribution is -2.36. The molecule has 1 amide bonds. The Morgan fingerprint density at radius 2 is 1.91 bits per heavy atom. The Kier molecular flexibility index (Phi) is 7.01. The van der Waals surface area contributed by atoms with Gasteiger partial charge in [0.15, 0.2) is 0 Å². The molecule has 0 saturated carbocycles. The maximum atomic E-state index is 14.2. The number of nitrogens with one attached hydrogen (secondary N) is 1. The number of hydrogen-bond donors (Lipinski definition) is 1. The van der Waals surface area contributed by atoms with E-state index in [1.54, 1.807) is 49.4 Å². The average Bonchev–Trinajstić information content (AvgIpc) is 2.81. The van der Waals surface area contributed by atoms with Gasteiger partial charge >= 0.3 is 5.97 Å². The molecule has 0 spiro atoms. The molecule has 4 rings (SSSR count). The van der Waals surface area contributed by atoms with Gasteiger partial charge < -0.3 is 10.1 Å². The average molecular weight is 468 g/mol. The van der Waals surface area contributed by atoms with Crippen LogP contribution in [-0.2, 0) is 22.5 Å². The first kappa shape index (κ1) is 22.9. The third kappa shape index (κ3) is 5.21. The zero-order valence-electron chi connectivity index (χ0n) is 18.1. The number of aromatic nitrogens is 1. The monoisotopic (exact) mass is 467 g/mol. The van der Waals surface area contributed by atoms with Gasteiger partial charge in [-0.1, -0.05) is 48.0 Å². The van der Waals surface area contributed by atoms with Crippen molar-refractivity contribution >= 4 is 29.2 Å². The molecule has 8 heteroatoms. The number of fused-ring (bicyclic) bond motifs is 1. The molecule has 170 valence electrons. The number of anilines is 1. The van der Waals surface area contributed by atoms with Crippen molar-refractivity contribution in [2.75, 3.05) is 25.0 Å². The first-order valence-corrected chi connectivity index (χ1v) is 11.1. The first-order valence-electron chi connectivity index (χ1n) is 10.7. The van der Waals surface area contributed by atoms with Gasteiger partial charge in [0, 0.05) is 36.3 Å². The zero-order valence-corrected chi connectivity index (χ0v) is 18.9. The van der Waals surface area contributed by atoms with Crippen molar-refractivity contribution in [2.24, 2.45) is 0 Å². The Balaban J connectivity index is 1.49. The lowest BCUT2D eigenvalue weighted by molar-refractivity contribution is -0.144. The van der Waals surface area contributed by atoms with Crippen LogP contribution in [-0.4, -0.2) is 41.5 Å². The molecule has 0 saturated heterocycles. The molecule has 1 N–H and O–H groups in total. The summed E-state index contributed by atoms with van der Waals surface area (Å²) in [5.41, 5.74) is 3.30. The van der Waals surface area contributed by atoms with E-state index in [1.165, 1.54) is 6.07 Å². The number of nitrogens with zero attached hydrogens (tertiary/aromatic N) is 2. The molecule has 33 heavy (non-hydrogen) atoms. The summed E-state index contributed by atoms with van der Waals surface area (Å²) in [5, 5.41) is 3.04. The molecule has 0 bridgehead atoms. The molecule has 1 aromatic heterocycles. The van der Waals surface area contributed by atoms with Crippen LogP contribution in [0.3, 0.4) is 0 Å². The second kappa shape index (κ2) is 10.1. The Bertz CT molecular complexity index is 1200. The van der Waals surface area contributed by atoms with E-state index in [0.717, 1.165) is 11.3 Å². The van der Waals surface area contributed by atoms with Gasteiger partial charge in [0.05, 0.1) is 23.9 Å². The summed E-state index contributed by atoms with van der Waals surface area (Å²) < 4.78 is 19.2. The molecule has 0 radical (unpaired) electrons. The second-order valence-corrected chi connectivity index (χ2v) is 8.05. The number of benzene rings is 2. The fourth-order valence-corrected chi connectivity index (χ4v) is 4.10. The number of amides is 1. The van der Waals surface area contributed by atoms with Crippen LogP contribution in [0.5, 0.6) is 0 Å². The van der Waals surface area contributed by atoms with Crippen LogP contribution in [0.15, 0.2) is 54.6 Å². The maximum absolute atomic E-state index is 14.2. The molecule has 1 aliphatic rings. The fraction of sp³-hybridized carbons (Fsp3) is 0.240. The van der Waals surface area contributed by atoms with E-state index in [0.29, 0.717) is 42.9 Å². The Morgan fingerprint density at radius 1 is 1.12 bits per heavy atom. The van der Waals surface area contributed by atoms with Crippen molar-refractivity contribution in [1.29, 1.82) is 0 Å². The summed E-state index contributed by atoms with van der Waals surface area (Å²) in [5.74, 6) is -1.05. The van der Waals surface area contributed by atoms with Gasteiger partial charge in [-0.3, -0.25) is 14.5 Å². The van der Waals surface area contributed by atoms with Crippen molar-refractivity contribution in [2.45, 2.75) is 19.9 Å². The normalized spacial score (nSPS) is 13.3. The summed E-state index contributed by atoms with van der Waals surface area (Å²) in [4.78, 5) is 31.1. The van der Waals surface area contributed by atoms with Crippen molar-refractivity contribution in [1.82, 2.24) is 9.88 Å². The molecule has 1 aliphatic heterocycles. The number of carbonyl (C=O) groups is 2. The standard InChI is InChI=1S/C25H23ClFN3O3/c1-2-33-23(31)15-30-13-12-20-16(14-30)10-11-22(28-20)25(32)29-21-9-5-7-18(24(21)26)17-6-3-4-8-19(17)27/h3-11H,2,12-15H2,1H3,(H,29,32). The predicted molar refractivity (Wildman–Crippen MR) is 125 cm³/mol. The SMILES string of the molecule is CCOC(=O)CN1CCc2nc(C(=O)Nc3cccc(-c4ccccc4F)c3Cl)ccc2C1. The molecule has 3 aromatic rings. The van der Waals surface area contributed by atoms with Gasteiger partial charge in [-0.25, -0.2) is 9.37 Å². The number of rotatable bonds is 6. The molecule has 6 nitrogen and oxygen atoms in total. The van der Waals surface area contributed by atoms with E-state index in [4.69, 9.17) is 16.3 Å². The Labute approximate surface area is 196 Å². The lowest BCUT2D eigenvalue weighted by atomic mass is 10.0. The Morgan fingerprint density at radius 3 is 2.70 bits per heavy atom. The highest BCUT2D eigenvalue weighted by Gasteiger charge is 2.22. The summed E-state index contributed by atoms with van der Waals surface area (Å²) >= 11 is 6.50. The van der Waals surface area contributed by atoms with E-state index in [1.807, 2.05) is 11.0 Å². The van der Waals surface area contributed by atoms with Crippen molar-refractivity contribution in [3.05, 3.63) is 82.4 Å². The number of esters is 1. The first-order chi connectivity index (χ1) is 16.0. The van der Waals surface area contributed by atoms with E-state index >= 15 is 0 Å². The summed E-state index contributed by atoms with van der Waals surface area (Å²) in [6, 6.07) is 14.9. The van der Waals surface area contributed by atoms with Gasteiger partial charge in [-0.05, 0) is 30.7 Å². The van der Waals surface area contributed by atoms with Crippen LogP contribution in [0.25, 0.3) is 11.1 Å². The minimum absolute atomic E-state index is 0.229. The topological polar surface area (TPSA) is 71.5 Å². The van der Waals surface area contributed by atoms with Gasteiger partial charge in [0.2, 0.25) is 0 Å². The van der Waals surface area contributed by atoms with Gasteiger partial charge in [0.25, 0.3) is 5.91 Å². The summed E-state index contributed by atoms with van der Waals surface area (Å²) in [6.45, 7) is 3.59. The predicted octanol–water partition coefficient (Wildman–Crippen LogP) is 4.71. The van der Waals surface area contributed by atoms with E-state index < -0.39 is 11.7 Å². The largest absolute Gasteiger partial charge is 0.465 e. The van der Waals surface area contributed by atoms with Crippen LogP contribution in [0, 0.1) is 5.82 Å². The number of pyridine rings is 1. The van der Waals surface area contributed by atoms with Crippen molar-refractivity contribution < 1.29 is 18.7 Å². The van der Waals surface area contributed by atoms with E-state index in [-0.39, 0.29) is 23.2 Å². The molecule has 0 fully saturated rings. The lowest BCUT2D eigenvalue weighted by Gasteiger charge is -2.27. The van der Waals surface area contributed by atoms with Gasteiger partial charge in [-0.2, -0.15) is 0 Å². The fourth-order valence-electron chi connectivity index (χ4n) is 3.83. The highest BCUT2D eigenvalue weighted by atomic mass is 35.5. The summed E-state index contributed by atoms with van der Waals surface area (Å²) in [6.07, 6.45) is 0.624. The Hall–Kier alpha value is -3.29. The van der Waals surface area contributed by atoms with Crippen LogP contribution < -0.4 is 5.32 Å². The van der Waals surface area contributed by atoms with Crippen LogP contribution in [0.1, 0.15) is 28.7 Å². The van der Waals surface area contributed by atoms with Crippen LogP contribution >= 0.6 is 11.6 Å². The molecular weight excluding hydrogens is 445 g/mol. The highest BCUT2D eigenvalue weighted by Crippen LogP contribution is 2.35. The molecule has 0 aliphatic carbocycles. The number of hydrogen-bond acceptors (Lipinski definition) is 5. The second-order valence-electron chi connectivity index (χ2n) is 7.67. The number of halogens is 2. The number of carbonyl (C=O) groups excluding carboxylic acids is 2. The minimum Gasteiger partial charge on any atom is -0.465 e. The molecule has 2 aromatic carbocycles. The third-order valence-electron chi connectivity index (χ3n) is 5.43. The summed E-state index contributed by atoms with van der Waals surface area (Å²) in [7, 11) is 0. The smallest absolute Gasteiger partial charge is 0.320 e. The van der Waals surface area contributed by atoms with Crippen LogP contribution in [0.4, 0.5) is 10.1 Å². The third-order valence-corrected chi connectivity index (χ3v) is 5.84. The molecule has 0 atom stereocenters. The molecule has 0 unspecified atom stereocenters. The van der Waals surface area contributed by atoms with Crippen molar-refractivity contribution in [3.63, 3.8) is 0 Å². The van der Waals surface area contributed by atoms with Gasteiger partial charge in [-0.15, -0.1) is 0 Å². The van der Waals surface area contributed by atoms with Crippen molar-refractivity contribution in [3.8, 4) is 11.1 Å². The van der Waals surface area contributed by atoms with E-state index in [9.17, 15) is 14.0 Å². The van der Waals surface area contributed by atoms with E-state index in [2.05, 4.69) is 10.3 Å². The minimum atomic E-state index is -0.403. The molecule has 2 heterocycles. The van der Waals surface area contributed by atoms with Gasteiger partial charge in [0.1, 0.15) is 11.5 Å². The maximum Gasteiger partial charge on any atom is 0.320 e. The quantitative estimate of drug-likeness (QED) is 0.531. The highest BCUT2D eigenvalue weighted by molar-refractivity contribution is 6.36. The molecular formula is C25H23ClFN3O3. The zero-order chi connectivity index (χ0) is 23.4.